The summed E-state index contributed by atoms with van der Waals surface area (Å²) in [7, 11) is 0. The minimum absolute atomic E-state index is 0.189. The number of hydrogen-bond acceptors (Lipinski definition) is 5. The van der Waals surface area contributed by atoms with E-state index in [0.29, 0.717) is 5.92 Å². The fourth-order valence-electron chi connectivity index (χ4n) is 3.97. The second kappa shape index (κ2) is 9.05. The molecule has 2 fully saturated rings. The van der Waals surface area contributed by atoms with Gasteiger partial charge in [0.1, 0.15) is 5.82 Å². The second-order valence-electron chi connectivity index (χ2n) is 7.57. The molecule has 3 atom stereocenters. The SMILES string of the molecule is CC(O)CN1CCC(CNCC2CNNC2c2ccc(F)cc2)CC1. The second-order valence-corrected chi connectivity index (χ2v) is 7.57. The number of rotatable bonds is 7. The number of aliphatic hydroxyl groups is 1. The van der Waals surface area contributed by atoms with E-state index in [1.54, 1.807) is 0 Å². The van der Waals surface area contributed by atoms with Crippen molar-refractivity contribution in [2.24, 2.45) is 11.8 Å². The van der Waals surface area contributed by atoms with Crippen molar-refractivity contribution in [2.75, 3.05) is 39.3 Å². The van der Waals surface area contributed by atoms with Crippen LogP contribution in [0.4, 0.5) is 4.39 Å². The van der Waals surface area contributed by atoms with Gasteiger partial charge in [-0.05, 0) is 63.0 Å². The van der Waals surface area contributed by atoms with Crippen LogP contribution < -0.4 is 16.2 Å². The molecule has 4 N–H and O–H groups in total. The Balaban J connectivity index is 1.39. The van der Waals surface area contributed by atoms with Gasteiger partial charge in [-0.25, -0.2) is 9.82 Å². The number of benzene rings is 1. The van der Waals surface area contributed by atoms with Gasteiger partial charge in [-0.2, -0.15) is 0 Å². The van der Waals surface area contributed by atoms with Crippen molar-refractivity contribution >= 4 is 0 Å². The molecular formula is C19H31FN4O. The summed E-state index contributed by atoms with van der Waals surface area (Å²) < 4.78 is 13.1. The van der Waals surface area contributed by atoms with E-state index in [4.69, 9.17) is 0 Å². The van der Waals surface area contributed by atoms with Gasteiger partial charge in [0.25, 0.3) is 0 Å². The lowest BCUT2D eigenvalue weighted by Crippen LogP contribution is -2.41. The summed E-state index contributed by atoms with van der Waals surface area (Å²) >= 11 is 0. The summed E-state index contributed by atoms with van der Waals surface area (Å²) in [6.45, 7) is 7.74. The summed E-state index contributed by atoms with van der Waals surface area (Å²) in [5.41, 5.74) is 7.68. The normalized spacial score (nSPS) is 26.8. The van der Waals surface area contributed by atoms with Gasteiger partial charge in [0.05, 0.1) is 12.1 Å². The summed E-state index contributed by atoms with van der Waals surface area (Å²) in [5, 5.41) is 13.1. The zero-order valence-corrected chi connectivity index (χ0v) is 15.0. The number of aliphatic hydroxyl groups excluding tert-OH is 1. The monoisotopic (exact) mass is 350 g/mol. The van der Waals surface area contributed by atoms with Crippen LogP contribution in [0.25, 0.3) is 0 Å². The van der Waals surface area contributed by atoms with Gasteiger partial charge < -0.3 is 15.3 Å². The molecule has 2 aliphatic heterocycles. The van der Waals surface area contributed by atoms with Crippen molar-refractivity contribution in [1.82, 2.24) is 21.1 Å². The van der Waals surface area contributed by atoms with Crippen molar-refractivity contribution in [3.05, 3.63) is 35.6 Å². The lowest BCUT2D eigenvalue weighted by molar-refractivity contribution is 0.0996. The number of nitrogens with zero attached hydrogens (tertiary/aromatic N) is 1. The van der Waals surface area contributed by atoms with E-state index >= 15 is 0 Å². The van der Waals surface area contributed by atoms with Crippen molar-refractivity contribution < 1.29 is 9.50 Å². The lowest BCUT2D eigenvalue weighted by atomic mass is 9.93. The van der Waals surface area contributed by atoms with Crippen LogP contribution in [0, 0.1) is 17.7 Å². The Hall–Kier alpha value is -1.05. The Kier molecular flexibility index (Phi) is 6.78. The first-order chi connectivity index (χ1) is 12.1. The highest BCUT2D eigenvalue weighted by molar-refractivity contribution is 5.21. The summed E-state index contributed by atoms with van der Waals surface area (Å²) in [4.78, 5) is 2.36. The average Bonchev–Trinajstić information content (AvgIpc) is 3.05. The standard InChI is InChI=1S/C19H31FN4O/c1-14(25)13-24-8-6-15(7-9-24)10-21-11-17-12-22-23-19(17)16-2-4-18(20)5-3-16/h2-5,14-15,17,19,21-23,25H,6-13H2,1H3. The summed E-state index contributed by atoms with van der Waals surface area (Å²) in [6, 6.07) is 7.01. The molecule has 0 aliphatic carbocycles. The number of hydrogen-bond donors (Lipinski definition) is 4. The third-order valence-corrected chi connectivity index (χ3v) is 5.39. The van der Waals surface area contributed by atoms with E-state index in [1.165, 1.54) is 25.0 Å². The molecule has 0 saturated carbocycles. The predicted octanol–water partition coefficient (Wildman–Crippen LogP) is 1.27. The Morgan fingerprint density at radius 1 is 1.24 bits per heavy atom. The highest BCUT2D eigenvalue weighted by Crippen LogP contribution is 2.25. The number of halogens is 1. The molecule has 25 heavy (non-hydrogen) atoms. The molecule has 0 aromatic heterocycles. The van der Waals surface area contributed by atoms with Gasteiger partial charge >= 0.3 is 0 Å². The minimum atomic E-state index is -0.236. The minimum Gasteiger partial charge on any atom is -0.392 e. The van der Waals surface area contributed by atoms with Gasteiger partial charge in [-0.1, -0.05) is 12.1 Å². The fraction of sp³-hybridized carbons (Fsp3) is 0.684. The molecule has 3 rings (SSSR count). The molecule has 6 heteroatoms. The molecule has 2 heterocycles. The number of nitrogens with one attached hydrogen (secondary N) is 3. The zero-order valence-electron chi connectivity index (χ0n) is 15.0. The van der Waals surface area contributed by atoms with Gasteiger partial charge in [-0.3, -0.25) is 5.43 Å². The molecule has 0 amide bonds. The molecule has 0 spiro atoms. The molecule has 140 valence electrons. The van der Waals surface area contributed by atoms with Crippen LogP contribution in [0.5, 0.6) is 0 Å². The first-order valence-electron chi connectivity index (χ1n) is 9.47. The van der Waals surface area contributed by atoms with E-state index in [0.717, 1.165) is 50.7 Å². The van der Waals surface area contributed by atoms with Gasteiger partial charge in [0, 0.05) is 25.6 Å². The molecular weight excluding hydrogens is 319 g/mol. The number of hydrazine groups is 1. The Bertz CT molecular complexity index is 517. The summed E-state index contributed by atoms with van der Waals surface area (Å²) in [6.07, 6.45) is 2.16. The van der Waals surface area contributed by atoms with Crippen molar-refractivity contribution in [3.8, 4) is 0 Å². The van der Waals surface area contributed by atoms with E-state index in [1.807, 2.05) is 19.1 Å². The first kappa shape index (κ1) is 18.7. The Morgan fingerprint density at radius 2 is 1.96 bits per heavy atom. The number of piperidine rings is 1. The maximum atomic E-state index is 13.1. The third-order valence-electron chi connectivity index (χ3n) is 5.39. The fourth-order valence-corrected chi connectivity index (χ4v) is 3.97. The van der Waals surface area contributed by atoms with Crippen LogP contribution in [0.2, 0.25) is 0 Å². The average molecular weight is 350 g/mol. The smallest absolute Gasteiger partial charge is 0.123 e. The predicted molar refractivity (Wildman–Crippen MR) is 97.5 cm³/mol. The van der Waals surface area contributed by atoms with E-state index < -0.39 is 0 Å². The topological polar surface area (TPSA) is 59.6 Å². The van der Waals surface area contributed by atoms with E-state index in [2.05, 4.69) is 21.1 Å². The zero-order chi connectivity index (χ0) is 17.6. The van der Waals surface area contributed by atoms with Crippen LogP contribution in [-0.2, 0) is 0 Å². The third kappa shape index (κ3) is 5.46. The quantitative estimate of drug-likeness (QED) is 0.597. The number of likely N-dealkylation sites (tertiary alicyclic amines) is 1. The van der Waals surface area contributed by atoms with E-state index in [9.17, 15) is 9.50 Å². The van der Waals surface area contributed by atoms with Crippen LogP contribution >= 0.6 is 0 Å². The van der Waals surface area contributed by atoms with Crippen molar-refractivity contribution in [1.29, 1.82) is 0 Å². The van der Waals surface area contributed by atoms with Gasteiger partial charge in [0.15, 0.2) is 0 Å². The maximum Gasteiger partial charge on any atom is 0.123 e. The van der Waals surface area contributed by atoms with Crippen LogP contribution in [0.1, 0.15) is 31.4 Å². The highest BCUT2D eigenvalue weighted by Gasteiger charge is 2.28. The molecule has 3 unspecified atom stereocenters. The molecule has 0 radical (unpaired) electrons. The van der Waals surface area contributed by atoms with Gasteiger partial charge in [-0.15, -0.1) is 0 Å². The molecule has 1 aromatic carbocycles. The highest BCUT2D eigenvalue weighted by atomic mass is 19.1. The number of β-amino-alcohol motifs (C(OH)–C–C–N with tert-alkyl or cyclic N) is 1. The molecule has 1 aromatic rings. The Morgan fingerprint density at radius 3 is 2.64 bits per heavy atom. The van der Waals surface area contributed by atoms with Crippen molar-refractivity contribution in [3.63, 3.8) is 0 Å². The van der Waals surface area contributed by atoms with E-state index in [-0.39, 0.29) is 18.0 Å². The molecule has 2 aliphatic rings. The molecule has 0 bridgehead atoms. The van der Waals surface area contributed by atoms with Crippen LogP contribution in [0.3, 0.4) is 0 Å². The maximum absolute atomic E-state index is 13.1. The van der Waals surface area contributed by atoms with Crippen LogP contribution in [-0.4, -0.2) is 55.4 Å². The largest absolute Gasteiger partial charge is 0.392 e. The first-order valence-corrected chi connectivity index (χ1v) is 9.47. The summed E-state index contributed by atoms with van der Waals surface area (Å²) in [5.74, 6) is 0.990. The van der Waals surface area contributed by atoms with Gasteiger partial charge in [0.2, 0.25) is 0 Å². The molecule has 5 nitrogen and oxygen atoms in total. The van der Waals surface area contributed by atoms with Crippen LogP contribution in [0.15, 0.2) is 24.3 Å². The lowest BCUT2D eigenvalue weighted by Gasteiger charge is -2.33. The molecule has 2 saturated heterocycles. The Labute approximate surface area is 150 Å². The van der Waals surface area contributed by atoms with Crippen molar-refractivity contribution in [2.45, 2.75) is 31.9 Å².